The van der Waals surface area contributed by atoms with Crippen LogP contribution in [0.1, 0.15) is 27.7 Å². The van der Waals surface area contributed by atoms with Gasteiger partial charge in [0.05, 0.1) is 0 Å². The second kappa shape index (κ2) is 5.41. The first-order chi connectivity index (χ1) is 7.05. The first-order valence-corrected chi connectivity index (χ1v) is 5.03. The average molecular weight is 241 g/mol. The van der Waals surface area contributed by atoms with E-state index in [9.17, 15) is 18.0 Å². The van der Waals surface area contributed by atoms with Crippen LogP contribution in [0.25, 0.3) is 0 Å². The normalized spacial score (nSPS) is 12.4. The summed E-state index contributed by atoms with van der Waals surface area (Å²) >= 11 is 0. The summed E-state index contributed by atoms with van der Waals surface area (Å²) in [6.45, 7) is 6.54. The zero-order valence-corrected chi connectivity index (χ0v) is 10.0. The molecule has 0 aliphatic rings. The van der Waals surface area contributed by atoms with Gasteiger partial charge >= 0.3 is 12.3 Å². The molecule has 0 aromatic carbocycles. The monoisotopic (exact) mass is 241 g/mol. The van der Waals surface area contributed by atoms with Gasteiger partial charge in [0, 0.05) is 13.1 Å². The standard InChI is InChI=1S/C10H18F3NO2/c1-5-14(6-9(2,3)4)8(15)16-7-10(11,12)13/h5-7H2,1-4H3. The molecular weight excluding hydrogens is 223 g/mol. The Hall–Kier alpha value is -0.940. The largest absolute Gasteiger partial charge is 0.440 e. The van der Waals surface area contributed by atoms with Crippen LogP contribution in [0.2, 0.25) is 0 Å². The van der Waals surface area contributed by atoms with E-state index >= 15 is 0 Å². The molecule has 0 aromatic rings. The van der Waals surface area contributed by atoms with Gasteiger partial charge < -0.3 is 9.64 Å². The van der Waals surface area contributed by atoms with Crippen LogP contribution in [0.3, 0.4) is 0 Å². The Morgan fingerprint density at radius 1 is 1.25 bits per heavy atom. The van der Waals surface area contributed by atoms with E-state index in [1.807, 2.05) is 20.8 Å². The number of hydrogen-bond donors (Lipinski definition) is 0. The first kappa shape index (κ1) is 15.1. The molecule has 0 saturated carbocycles. The molecule has 96 valence electrons. The SMILES string of the molecule is CCN(CC(C)(C)C)C(=O)OCC(F)(F)F. The van der Waals surface area contributed by atoms with Crippen LogP contribution in [-0.2, 0) is 4.74 Å². The minimum atomic E-state index is -4.48. The molecule has 1 amide bonds. The van der Waals surface area contributed by atoms with Crippen molar-refractivity contribution >= 4 is 6.09 Å². The Morgan fingerprint density at radius 2 is 1.75 bits per heavy atom. The van der Waals surface area contributed by atoms with Crippen LogP contribution in [0.5, 0.6) is 0 Å². The van der Waals surface area contributed by atoms with Gasteiger partial charge in [-0.2, -0.15) is 13.2 Å². The number of amides is 1. The summed E-state index contributed by atoms with van der Waals surface area (Å²) < 4.78 is 39.6. The van der Waals surface area contributed by atoms with Crippen LogP contribution in [0, 0.1) is 5.41 Å². The van der Waals surface area contributed by atoms with Gasteiger partial charge in [-0.05, 0) is 12.3 Å². The van der Waals surface area contributed by atoms with Crippen molar-refractivity contribution in [2.45, 2.75) is 33.9 Å². The smallest absolute Gasteiger partial charge is 0.422 e. The minimum absolute atomic E-state index is 0.173. The summed E-state index contributed by atoms with van der Waals surface area (Å²) in [6.07, 6.45) is -5.40. The molecule has 0 fully saturated rings. The van der Waals surface area contributed by atoms with Crippen molar-refractivity contribution in [1.82, 2.24) is 4.90 Å². The molecule has 0 aliphatic carbocycles. The molecule has 0 rings (SSSR count). The molecule has 0 bridgehead atoms. The van der Waals surface area contributed by atoms with Crippen LogP contribution >= 0.6 is 0 Å². The summed E-state index contributed by atoms with van der Waals surface area (Å²) in [4.78, 5) is 12.6. The van der Waals surface area contributed by atoms with E-state index in [0.717, 1.165) is 0 Å². The Balaban J connectivity index is 4.22. The number of carbonyl (C=O) groups excluding carboxylic acids is 1. The zero-order chi connectivity index (χ0) is 13.0. The molecule has 0 N–H and O–H groups in total. The average Bonchev–Trinajstić information content (AvgIpc) is 2.07. The summed E-state index contributed by atoms with van der Waals surface area (Å²) in [5, 5.41) is 0. The molecule has 0 heterocycles. The number of carbonyl (C=O) groups is 1. The fraction of sp³-hybridized carbons (Fsp3) is 0.900. The van der Waals surface area contributed by atoms with E-state index in [-0.39, 0.29) is 5.41 Å². The summed E-state index contributed by atoms with van der Waals surface area (Å²) in [5.74, 6) is 0. The van der Waals surface area contributed by atoms with E-state index in [2.05, 4.69) is 4.74 Å². The molecule has 6 heteroatoms. The molecule has 0 aliphatic heterocycles. The van der Waals surface area contributed by atoms with Crippen molar-refractivity contribution in [3.05, 3.63) is 0 Å². The maximum atomic E-state index is 11.8. The lowest BCUT2D eigenvalue weighted by Gasteiger charge is -2.28. The molecule has 0 radical (unpaired) electrons. The third-order valence-electron chi connectivity index (χ3n) is 1.66. The maximum absolute atomic E-state index is 11.8. The van der Waals surface area contributed by atoms with Crippen molar-refractivity contribution in [1.29, 1.82) is 0 Å². The van der Waals surface area contributed by atoms with E-state index in [4.69, 9.17) is 0 Å². The Labute approximate surface area is 93.6 Å². The molecular formula is C10H18F3NO2. The number of halogens is 3. The van der Waals surface area contributed by atoms with Gasteiger partial charge in [-0.15, -0.1) is 0 Å². The Bertz CT molecular complexity index is 233. The van der Waals surface area contributed by atoms with Crippen molar-refractivity contribution in [3.8, 4) is 0 Å². The molecule has 16 heavy (non-hydrogen) atoms. The Kier molecular flexibility index (Phi) is 5.09. The molecule has 0 atom stereocenters. The Morgan fingerprint density at radius 3 is 2.06 bits per heavy atom. The summed E-state index contributed by atoms with van der Waals surface area (Å²) in [6, 6.07) is 0. The van der Waals surface area contributed by atoms with Gasteiger partial charge in [-0.1, -0.05) is 20.8 Å². The number of rotatable bonds is 3. The van der Waals surface area contributed by atoms with Crippen LogP contribution in [0.4, 0.5) is 18.0 Å². The summed E-state index contributed by atoms with van der Waals surface area (Å²) in [7, 11) is 0. The molecule has 0 aromatic heterocycles. The third kappa shape index (κ3) is 7.36. The fourth-order valence-electron chi connectivity index (χ4n) is 1.11. The highest BCUT2D eigenvalue weighted by molar-refractivity contribution is 5.67. The number of hydrogen-bond acceptors (Lipinski definition) is 2. The van der Waals surface area contributed by atoms with Crippen LogP contribution in [0.15, 0.2) is 0 Å². The minimum Gasteiger partial charge on any atom is -0.440 e. The zero-order valence-electron chi connectivity index (χ0n) is 10.0. The van der Waals surface area contributed by atoms with E-state index in [1.165, 1.54) is 4.90 Å². The highest BCUT2D eigenvalue weighted by atomic mass is 19.4. The molecule has 0 unspecified atom stereocenters. The molecule has 0 saturated heterocycles. The number of alkyl halides is 3. The van der Waals surface area contributed by atoms with Crippen molar-refractivity contribution in [2.24, 2.45) is 5.41 Å². The number of ether oxygens (including phenoxy) is 1. The van der Waals surface area contributed by atoms with Crippen LogP contribution < -0.4 is 0 Å². The fourth-order valence-corrected chi connectivity index (χ4v) is 1.11. The van der Waals surface area contributed by atoms with Gasteiger partial charge in [0.25, 0.3) is 0 Å². The topological polar surface area (TPSA) is 29.5 Å². The number of nitrogens with zero attached hydrogens (tertiary/aromatic N) is 1. The molecule has 0 spiro atoms. The van der Waals surface area contributed by atoms with E-state index in [0.29, 0.717) is 13.1 Å². The van der Waals surface area contributed by atoms with Gasteiger partial charge in [0.2, 0.25) is 0 Å². The first-order valence-electron chi connectivity index (χ1n) is 5.03. The predicted octanol–water partition coefficient (Wildman–Crippen LogP) is 3.05. The predicted molar refractivity (Wildman–Crippen MR) is 54.1 cm³/mol. The second-order valence-electron chi connectivity index (χ2n) is 4.74. The van der Waals surface area contributed by atoms with Gasteiger partial charge in [0.1, 0.15) is 0 Å². The quantitative estimate of drug-likeness (QED) is 0.760. The summed E-state index contributed by atoms with van der Waals surface area (Å²) in [5.41, 5.74) is -0.173. The van der Waals surface area contributed by atoms with Crippen molar-refractivity contribution in [3.63, 3.8) is 0 Å². The van der Waals surface area contributed by atoms with Crippen molar-refractivity contribution in [2.75, 3.05) is 19.7 Å². The van der Waals surface area contributed by atoms with Gasteiger partial charge in [-0.25, -0.2) is 4.79 Å². The lowest BCUT2D eigenvalue weighted by Crippen LogP contribution is -2.39. The highest BCUT2D eigenvalue weighted by Crippen LogP contribution is 2.18. The highest BCUT2D eigenvalue weighted by Gasteiger charge is 2.31. The van der Waals surface area contributed by atoms with Crippen LogP contribution in [-0.4, -0.2) is 36.9 Å². The molecule has 3 nitrogen and oxygen atoms in total. The van der Waals surface area contributed by atoms with E-state index in [1.54, 1.807) is 6.92 Å². The van der Waals surface area contributed by atoms with Crippen molar-refractivity contribution < 1.29 is 22.7 Å². The second-order valence-corrected chi connectivity index (χ2v) is 4.74. The third-order valence-corrected chi connectivity index (χ3v) is 1.66. The van der Waals surface area contributed by atoms with Gasteiger partial charge in [-0.3, -0.25) is 0 Å². The van der Waals surface area contributed by atoms with Gasteiger partial charge in [0.15, 0.2) is 6.61 Å². The van der Waals surface area contributed by atoms with E-state index < -0.39 is 18.9 Å². The lowest BCUT2D eigenvalue weighted by molar-refractivity contribution is -0.162. The maximum Gasteiger partial charge on any atom is 0.422 e. The lowest BCUT2D eigenvalue weighted by atomic mass is 9.96.